The summed E-state index contributed by atoms with van der Waals surface area (Å²) in [4.78, 5) is 17.6. The molecule has 1 aromatic carbocycles. The number of carbonyl (C=O) groups is 1. The summed E-state index contributed by atoms with van der Waals surface area (Å²) in [6.45, 7) is 5.12. The predicted molar refractivity (Wildman–Crippen MR) is 91.2 cm³/mol. The first-order valence-corrected chi connectivity index (χ1v) is 8.24. The lowest BCUT2D eigenvalue weighted by Gasteiger charge is -2.05. The fourth-order valence-electron chi connectivity index (χ4n) is 2.13. The Hall–Kier alpha value is -1.99. The maximum atomic E-state index is 13.1. The molecule has 2 aromatic rings. The first-order chi connectivity index (χ1) is 11.0. The van der Waals surface area contributed by atoms with Crippen LogP contribution in [0.15, 0.2) is 24.3 Å². The second-order valence-corrected chi connectivity index (χ2v) is 6.48. The standard InChI is InChI=1S/C16H21FN4OS/c1-10(2)14-13(9-18-3)20-16(23-14)21-15(22)19-8-11-5-4-6-12(17)7-11/h4-7,10,18H,8-9H2,1-3H3,(H2,19,20,21,22). The summed E-state index contributed by atoms with van der Waals surface area (Å²) >= 11 is 1.48. The summed E-state index contributed by atoms with van der Waals surface area (Å²) in [6.07, 6.45) is 0. The van der Waals surface area contributed by atoms with E-state index in [0.29, 0.717) is 23.2 Å². The third kappa shape index (κ3) is 5.01. The maximum absolute atomic E-state index is 13.1. The molecule has 0 aliphatic carbocycles. The molecule has 0 aliphatic heterocycles. The number of rotatable bonds is 6. The van der Waals surface area contributed by atoms with Gasteiger partial charge in [0.05, 0.1) is 5.69 Å². The number of hydrogen-bond donors (Lipinski definition) is 3. The van der Waals surface area contributed by atoms with E-state index in [4.69, 9.17) is 0 Å². The van der Waals surface area contributed by atoms with Gasteiger partial charge in [0.1, 0.15) is 5.82 Å². The Bertz CT molecular complexity index is 672. The topological polar surface area (TPSA) is 66.0 Å². The van der Waals surface area contributed by atoms with Crippen molar-refractivity contribution in [3.05, 3.63) is 46.2 Å². The molecule has 7 heteroatoms. The largest absolute Gasteiger partial charge is 0.334 e. The Morgan fingerprint density at radius 2 is 2.13 bits per heavy atom. The molecule has 3 N–H and O–H groups in total. The highest BCUT2D eigenvalue weighted by Gasteiger charge is 2.15. The molecule has 23 heavy (non-hydrogen) atoms. The molecule has 124 valence electrons. The first kappa shape index (κ1) is 17.4. The second-order valence-electron chi connectivity index (χ2n) is 5.45. The van der Waals surface area contributed by atoms with Crippen LogP contribution in [0.3, 0.4) is 0 Å². The molecular weight excluding hydrogens is 315 g/mol. The van der Waals surface area contributed by atoms with Crippen molar-refractivity contribution in [1.82, 2.24) is 15.6 Å². The highest BCUT2D eigenvalue weighted by Crippen LogP contribution is 2.29. The fourth-order valence-corrected chi connectivity index (χ4v) is 3.11. The van der Waals surface area contributed by atoms with Gasteiger partial charge in [-0.1, -0.05) is 26.0 Å². The van der Waals surface area contributed by atoms with E-state index in [-0.39, 0.29) is 18.4 Å². The van der Waals surface area contributed by atoms with Crippen molar-refractivity contribution in [3.8, 4) is 0 Å². The molecule has 0 atom stereocenters. The number of hydrogen-bond acceptors (Lipinski definition) is 4. The molecule has 0 spiro atoms. The van der Waals surface area contributed by atoms with Crippen LogP contribution >= 0.6 is 11.3 Å². The quantitative estimate of drug-likeness (QED) is 0.757. The van der Waals surface area contributed by atoms with Gasteiger partial charge in [-0.3, -0.25) is 5.32 Å². The van der Waals surface area contributed by atoms with Crippen LogP contribution in [0.25, 0.3) is 0 Å². The van der Waals surface area contributed by atoms with E-state index in [9.17, 15) is 9.18 Å². The van der Waals surface area contributed by atoms with E-state index in [2.05, 4.69) is 34.8 Å². The van der Waals surface area contributed by atoms with E-state index >= 15 is 0 Å². The molecule has 2 amide bonds. The van der Waals surface area contributed by atoms with Gasteiger partial charge in [-0.25, -0.2) is 14.2 Å². The summed E-state index contributed by atoms with van der Waals surface area (Å²) in [5, 5.41) is 9.08. The smallest absolute Gasteiger partial charge is 0.321 e. The molecule has 1 heterocycles. The lowest BCUT2D eigenvalue weighted by Crippen LogP contribution is -2.28. The van der Waals surface area contributed by atoms with Crippen LogP contribution < -0.4 is 16.0 Å². The normalized spacial score (nSPS) is 10.8. The first-order valence-electron chi connectivity index (χ1n) is 7.43. The van der Waals surface area contributed by atoms with Gasteiger partial charge >= 0.3 is 6.03 Å². The number of anilines is 1. The van der Waals surface area contributed by atoms with E-state index in [1.165, 1.54) is 23.5 Å². The number of urea groups is 1. The SMILES string of the molecule is CNCc1nc(NC(=O)NCc2cccc(F)c2)sc1C(C)C. The van der Waals surface area contributed by atoms with Gasteiger partial charge in [-0.15, -0.1) is 11.3 Å². The number of amides is 2. The summed E-state index contributed by atoms with van der Waals surface area (Å²) < 4.78 is 13.1. The zero-order valence-corrected chi connectivity index (χ0v) is 14.3. The van der Waals surface area contributed by atoms with Crippen LogP contribution in [-0.4, -0.2) is 18.1 Å². The number of carbonyl (C=O) groups excluding carboxylic acids is 1. The van der Waals surface area contributed by atoms with Crippen LogP contribution in [-0.2, 0) is 13.1 Å². The summed E-state index contributed by atoms with van der Waals surface area (Å²) in [5.41, 5.74) is 1.66. The van der Waals surface area contributed by atoms with Gasteiger partial charge in [0.15, 0.2) is 5.13 Å². The molecule has 0 saturated carbocycles. The number of benzene rings is 1. The number of halogens is 1. The van der Waals surface area contributed by atoms with Crippen molar-refractivity contribution in [1.29, 1.82) is 0 Å². The Kier molecular flexibility index (Phi) is 6.06. The van der Waals surface area contributed by atoms with E-state index in [1.54, 1.807) is 12.1 Å². The molecular formula is C16H21FN4OS. The molecule has 0 fully saturated rings. The Balaban J connectivity index is 1.96. The van der Waals surface area contributed by atoms with Gasteiger partial charge < -0.3 is 10.6 Å². The molecule has 2 rings (SSSR count). The molecule has 0 unspecified atom stereocenters. The Labute approximate surface area is 139 Å². The number of nitrogens with zero attached hydrogens (tertiary/aromatic N) is 1. The van der Waals surface area contributed by atoms with Crippen LogP contribution in [0.5, 0.6) is 0 Å². The number of nitrogens with one attached hydrogen (secondary N) is 3. The minimum atomic E-state index is -0.352. The number of aromatic nitrogens is 1. The van der Waals surface area contributed by atoms with Crippen LogP contribution in [0.4, 0.5) is 14.3 Å². The summed E-state index contributed by atoms with van der Waals surface area (Å²) in [5.74, 6) is 0.0321. The average Bonchev–Trinajstić information content (AvgIpc) is 2.88. The Morgan fingerprint density at radius 1 is 1.35 bits per heavy atom. The zero-order chi connectivity index (χ0) is 16.8. The molecule has 1 aromatic heterocycles. The third-order valence-corrected chi connectivity index (χ3v) is 4.47. The number of thiazole rings is 1. The maximum Gasteiger partial charge on any atom is 0.321 e. The van der Waals surface area contributed by atoms with E-state index < -0.39 is 0 Å². The molecule has 0 saturated heterocycles. The zero-order valence-electron chi connectivity index (χ0n) is 13.4. The van der Waals surface area contributed by atoms with Crippen molar-refractivity contribution >= 4 is 22.5 Å². The van der Waals surface area contributed by atoms with E-state index in [0.717, 1.165) is 10.6 Å². The van der Waals surface area contributed by atoms with Crippen molar-refractivity contribution in [2.45, 2.75) is 32.9 Å². The van der Waals surface area contributed by atoms with Gasteiger partial charge in [0.25, 0.3) is 0 Å². The molecule has 5 nitrogen and oxygen atoms in total. The van der Waals surface area contributed by atoms with Crippen molar-refractivity contribution in [2.75, 3.05) is 12.4 Å². The minimum absolute atomic E-state index is 0.259. The van der Waals surface area contributed by atoms with Crippen molar-refractivity contribution < 1.29 is 9.18 Å². The lowest BCUT2D eigenvalue weighted by atomic mass is 10.1. The monoisotopic (exact) mass is 336 g/mol. The molecule has 0 bridgehead atoms. The lowest BCUT2D eigenvalue weighted by molar-refractivity contribution is 0.251. The van der Waals surface area contributed by atoms with Crippen LogP contribution in [0, 0.1) is 5.82 Å². The summed E-state index contributed by atoms with van der Waals surface area (Å²) in [6, 6.07) is 5.79. The summed E-state index contributed by atoms with van der Waals surface area (Å²) in [7, 11) is 1.86. The Morgan fingerprint density at radius 3 is 2.78 bits per heavy atom. The van der Waals surface area contributed by atoms with Gasteiger partial charge in [-0.05, 0) is 30.7 Å². The van der Waals surface area contributed by atoms with Gasteiger partial charge in [0, 0.05) is 18.0 Å². The molecule has 0 radical (unpaired) electrons. The molecule has 0 aliphatic rings. The highest BCUT2D eigenvalue weighted by atomic mass is 32.1. The second kappa shape index (κ2) is 8.03. The van der Waals surface area contributed by atoms with Crippen LogP contribution in [0.2, 0.25) is 0 Å². The predicted octanol–water partition coefficient (Wildman–Crippen LogP) is 3.45. The average molecular weight is 336 g/mol. The van der Waals surface area contributed by atoms with E-state index in [1.807, 2.05) is 7.05 Å². The van der Waals surface area contributed by atoms with Crippen molar-refractivity contribution in [2.24, 2.45) is 0 Å². The third-order valence-electron chi connectivity index (χ3n) is 3.16. The van der Waals surface area contributed by atoms with Gasteiger partial charge in [0.2, 0.25) is 0 Å². The van der Waals surface area contributed by atoms with Crippen LogP contribution in [0.1, 0.15) is 35.9 Å². The fraction of sp³-hybridized carbons (Fsp3) is 0.375. The van der Waals surface area contributed by atoms with Crippen molar-refractivity contribution in [3.63, 3.8) is 0 Å². The highest BCUT2D eigenvalue weighted by molar-refractivity contribution is 7.16. The minimum Gasteiger partial charge on any atom is -0.334 e. The van der Waals surface area contributed by atoms with Gasteiger partial charge in [-0.2, -0.15) is 0 Å².